The molecule has 0 aliphatic heterocycles. The first-order valence-electron chi connectivity index (χ1n) is 26.9. The van der Waals surface area contributed by atoms with E-state index in [1.165, 1.54) is 188 Å². The highest BCUT2D eigenvalue weighted by atomic mass is 14.4. The van der Waals surface area contributed by atoms with E-state index in [-0.39, 0.29) is 0 Å². The molecule has 76 heavy (non-hydrogen) atoms. The normalized spacial score (nSPS) is 12.1. The highest BCUT2D eigenvalue weighted by Crippen LogP contribution is 2.60. The zero-order chi connectivity index (χ0) is 51.1. The summed E-state index contributed by atoms with van der Waals surface area (Å²) in [5.41, 5.74) is 34.0. The van der Waals surface area contributed by atoms with Crippen molar-refractivity contribution in [1.82, 2.24) is 0 Å². The van der Waals surface area contributed by atoms with E-state index in [2.05, 4.69) is 260 Å². The lowest BCUT2D eigenvalue weighted by molar-refractivity contribution is 1.39. The molecule has 0 unspecified atom stereocenters. The molecule has 13 aromatic rings. The summed E-state index contributed by atoms with van der Waals surface area (Å²) < 4.78 is 0. The summed E-state index contributed by atoms with van der Waals surface area (Å²) >= 11 is 0. The Morgan fingerprint density at radius 3 is 0.763 bits per heavy atom. The average molecular weight is 967 g/mol. The van der Waals surface area contributed by atoms with Crippen LogP contribution in [-0.2, 0) is 0 Å². The Labute approximate surface area is 445 Å². The molecule has 2 aliphatic rings. The third kappa shape index (κ3) is 6.19. The highest BCUT2D eigenvalue weighted by Gasteiger charge is 2.33. The summed E-state index contributed by atoms with van der Waals surface area (Å²) in [6, 6.07) is 82.6. The summed E-state index contributed by atoms with van der Waals surface area (Å²) in [5.74, 6) is 0. The fraction of sp³-hybridized carbons (Fsp3) is 0.0789. The van der Waals surface area contributed by atoms with Gasteiger partial charge in [-0.3, -0.25) is 0 Å². The maximum Gasteiger partial charge on any atom is -0.00199 e. The number of hydrogen-bond acceptors (Lipinski definition) is 0. The minimum Gasteiger partial charge on any atom is -0.0622 e. The minimum atomic E-state index is 1.25. The molecule has 0 radical (unpaired) electrons. The molecule has 13 aromatic carbocycles. The molecule has 0 bridgehead atoms. The smallest absolute Gasteiger partial charge is 0.00199 e. The summed E-state index contributed by atoms with van der Waals surface area (Å²) in [5, 5.41) is 10.3. The summed E-state index contributed by atoms with van der Waals surface area (Å²) in [4.78, 5) is 0. The molecular weight excluding hydrogens is 913 g/mol. The zero-order valence-corrected chi connectivity index (χ0v) is 43.8. The van der Waals surface area contributed by atoms with Crippen molar-refractivity contribution in [2.45, 2.75) is 41.5 Å². The van der Waals surface area contributed by atoms with Gasteiger partial charge >= 0.3 is 0 Å². The zero-order valence-electron chi connectivity index (χ0n) is 43.8. The fourth-order valence-corrected chi connectivity index (χ4v) is 14.2. The van der Waals surface area contributed by atoms with Crippen LogP contribution in [0.4, 0.5) is 0 Å². The second kappa shape index (κ2) is 16.7. The van der Waals surface area contributed by atoms with E-state index in [4.69, 9.17) is 0 Å². The van der Waals surface area contributed by atoms with E-state index in [1.54, 1.807) is 0 Å². The second-order valence-corrected chi connectivity index (χ2v) is 21.6. The third-order valence-corrected chi connectivity index (χ3v) is 17.4. The Bertz CT molecular complexity index is 4270. The maximum absolute atomic E-state index is 2.44. The van der Waals surface area contributed by atoms with Gasteiger partial charge in [0, 0.05) is 0 Å². The Morgan fingerprint density at radius 2 is 0.434 bits per heavy atom. The third-order valence-electron chi connectivity index (χ3n) is 17.4. The van der Waals surface area contributed by atoms with Crippen molar-refractivity contribution in [3.05, 3.63) is 252 Å². The fourth-order valence-electron chi connectivity index (χ4n) is 14.2. The Hall–Kier alpha value is -9.10. The van der Waals surface area contributed by atoms with Crippen LogP contribution >= 0.6 is 0 Å². The molecule has 0 heteroatoms. The van der Waals surface area contributed by atoms with Gasteiger partial charge in [0.2, 0.25) is 0 Å². The first-order valence-corrected chi connectivity index (χ1v) is 26.9. The van der Waals surface area contributed by atoms with Crippen LogP contribution in [0.3, 0.4) is 0 Å². The number of hydrogen-bond donors (Lipinski definition) is 0. The largest absolute Gasteiger partial charge is 0.0622 e. The lowest BCUT2D eigenvalue weighted by Crippen LogP contribution is -1.98. The number of fused-ring (bicyclic) bond motifs is 8. The van der Waals surface area contributed by atoms with Crippen molar-refractivity contribution in [2.24, 2.45) is 0 Å². The van der Waals surface area contributed by atoms with Crippen molar-refractivity contribution in [1.29, 1.82) is 0 Å². The summed E-state index contributed by atoms with van der Waals surface area (Å²) in [6.45, 7) is 13.8. The molecule has 2 aliphatic carbocycles. The first-order chi connectivity index (χ1) is 37.3. The Morgan fingerprint density at radius 1 is 0.171 bits per heavy atom. The molecule has 15 rings (SSSR count). The SMILES string of the molecule is Cc1ccc(-c2c(C)c3c(c(C)c2-c2ccccc2)-c2ccc(-c4c5ccccc5c(-c5ccc6c7c(cccc57)-c5c(C)c(-c7ccc(C)cc7)c(-c7ccccc7)c(C)c5-6)c5ccccc45)c4cccc-3c24)cc1. The molecule has 0 saturated heterocycles. The molecule has 0 spiro atoms. The van der Waals surface area contributed by atoms with Gasteiger partial charge in [-0.2, -0.15) is 0 Å². The molecule has 0 fully saturated rings. The van der Waals surface area contributed by atoms with Crippen molar-refractivity contribution in [3.8, 4) is 111 Å². The van der Waals surface area contributed by atoms with E-state index in [0.717, 1.165) is 0 Å². The van der Waals surface area contributed by atoms with Gasteiger partial charge in [0.05, 0.1) is 0 Å². The summed E-state index contributed by atoms with van der Waals surface area (Å²) in [6.07, 6.45) is 0. The van der Waals surface area contributed by atoms with Crippen LogP contribution < -0.4 is 0 Å². The topological polar surface area (TPSA) is 0 Å². The standard InChI is InChI=1S/C76H54/c1-43-31-35-51(36-32-43)67-47(5)69-61-29-17-27-57-59(39-41-63(75(57)61)71(69)45(3)65(67)49-19-9-7-10-20-49)73-53-23-13-15-25-55(53)74(56-26-16-14-24-54(56)73)60-40-42-64-72-46(4)66(50-21-11-8-12-22-50)68(52-37-33-44(2)34-38-52)48(6)70(72)62-30-18-28-58(60)76(62)64/h7-42H,1-6H3. The van der Waals surface area contributed by atoms with Crippen LogP contribution in [0.15, 0.2) is 218 Å². The average Bonchev–Trinajstić information content (AvgIpc) is 4.01. The molecule has 0 amide bonds. The molecular formula is C76H54. The van der Waals surface area contributed by atoms with Crippen molar-refractivity contribution >= 4 is 43.1 Å². The van der Waals surface area contributed by atoms with Crippen molar-refractivity contribution < 1.29 is 0 Å². The van der Waals surface area contributed by atoms with Gasteiger partial charge in [0.15, 0.2) is 0 Å². The number of benzene rings is 13. The molecule has 0 saturated carbocycles. The molecule has 0 aromatic heterocycles. The summed E-state index contributed by atoms with van der Waals surface area (Å²) in [7, 11) is 0. The Kier molecular flexibility index (Phi) is 9.76. The second-order valence-electron chi connectivity index (χ2n) is 21.6. The molecule has 358 valence electrons. The molecule has 0 heterocycles. The van der Waals surface area contributed by atoms with E-state index in [1.807, 2.05) is 0 Å². The van der Waals surface area contributed by atoms with Crippen LogP contribution in [0.1, 0.15) is 33.4 Å². The van der Waals surface area contributed by atoms with Crippen LogP contribution in [0.5, 0.6) is 0 Å². The van der Waals surface area contributed by atoms with Crippen LogP contribution in [0.25, 0.3) is 154 Å². The van der Waals surface area contributed by atoms with Gasteiger partial charge in [0.25, 0.3) is 0 Å². The van der Waals surface area contributed by atoms with Gasteiger partial charge in [-0.25, -0.2) is 0 Å². The molecule has 0 N–H and O–H groups in total. The lowest BCUT2D eigenvalue weighted by atomic mass is 9.81. The maximum atomic E-state index is 2.44. The van der Waals surface area contributed by atoms with E-state index < -0.39 is 0 Å². The van der Waals surface area contributed by atoms with Crippen LogP contribution in [0, 0.1) is 41.5 Å². The van der Waals surface area contributed by atoms with Gasteiger partial charge in [-0.1, -0.05) is 230 Å². The van der Waals surface area contributed by atoms with Crippen molar-refractivity contribution in [2.75, 3.05) is 0 Å². The molecule has 0 atom stereocenters. The van der Waals surface area contributed by atoms with Gasteiger partial charge < -0.3 is 0 Å². The van der Waals surface area contributed by atoms with Gasteiger partial charge in [-0.15, -0.1) is 0 Å². The Balaban J connectivity index is 0.960. The van der Waals surface area contributed by atoms with Gasteiger partial charge in [-0.05, 0) is 218 Å². The first kappa shape index (κ1) is 44.4. The van der Waals surface area contributed by atoms with Crippen LogP contribution in [-0.4, -0.2) is 0 Å². The van der Waals surface area contributed by atoms with Crippen molar-refractivity contribution in [3.63, 3.8) is 0 Å². The molecule has 0 nitrogen and oxygen atoms in total. The van der Waals surface area contributed by atoms with Crippen LogP contribution in [0.2, 0.25) is 0 Å². The van der Waals surface area contributed by atoms with E-state index in [0.29, 0.717) is 0 Å². The van der Waals surface area contributed by atoms with E-state index >= 15 is 0 Å². The van der Waals surface area contributed by atoms with E-state index in [9.17, 15) is 0 Å². The predicted molar refractivity (Wildman–Crippen MR) is 326 cm³/mol. The monoisotopic (exact) mass is 966 g/mol. The highest BCUT2D eigenvalue weighted by molar-refractivity contribution is 6.30. The predicted octanol–water partition coefficient (Wildman–Crippen LogP) is 21.4. The lowest BCUT2D eigenvalue weighted by Gasteiger charge is -2.22. The van der Waals surface area contributed by atoms with Gasteiger partial charge in [0.1, 0.15) is 0 Å². The quantitative estimate of drug-likeness (QED) is 0.146. The minimum absolute atomic E-state index is 1.25. The number of aryl methyl sites for hydroxylation is 2. The number of rotatable bonds is 6.